The van der Waals surface area contributed by atoms with E-state index in [4.69, 9.17) is 4.74 Å². The fourth-order valence-corrected chi connectivity index (χ4v) is 3.14. The molecule has 2 rings (SSSR count). The Labute approximate surface area is 170 Å². The van der Waals surface area contributed by atoms with Crippen molar-refractivity contribution in [3.05, 3.63) is 28.7 Å². The van der Waals surface area contributed by atoms with Crippen molar-refractivity contribution < 1.29 is 4.74 Å². The monoisotopic (exact) mass is 510 g/mol. The van der Waals surface area contributed by atoms with E-state index in [0.717, 1.165) is 43.2 Å². The van der Waals surface area contributed by atoms with E-state index in [2.05, 4.69) is 60.7 Å². The van der Waals surface area contributed by atoms with Crippen LogP contribution in [-0.2, 0) is 4.74 Å². The van der Waals surface area contributed by atoms with Crippen LogP contribution in [0.15, 0.2) is 33.7 Å². The molecule has 1 aromatic rings. The third-order valence-corrected chi connectivity index (χ3v) is 4.48. The summed E-state index contributed by atoms with van der Waals surface area (Å²) in [4.78, 5) is 6.70. The molecular formula is C17H28BrIN4O. The maximum atomic E-state index is 5.32. The van der Waals surface area contributed by atoms with Crippen LogP contribution < -0.4 is 15.5 Å². The highest BCUT2D eigenvalue weighted by atomic mass is 127. The molecule has 1 saturated heterocycles. The Morgan fingerprint density at radius 3 is 2.96 bits per heavy atom. The lowest BCUT2D eigenvalue weighted by Crippen LogP contribution is -2.41. The normalized spacial score (nSPS) is 17.5. The molecule has 1 aliphatic heterocycles. The second-order valence-electron chi connectivity index (χ2n) is 5.66. The smallest absolute Gasteiger partial charge is 0.191 e. The third kappa shape index (κ3) is 7.14. The van der Waals surface area contributed by atoms with Gasteiger partial charge in [-0.15, -0.1) is 24.0 Å². The minimum Gasteiger partial charge on any atom is -0.380 e. The van der Waals surface area contributed by atoms with Gasteiger partial charge in [0, 0.05) is 50.0 Å². The van der Waals surface area contributed by atoms with E-state index in [1.54, 1.807) is 7.05 Å². The van der Waals surface area contributed by atoms with Gasteiger partial charge in [-0.25, -0.2) is 0 Å². The number of nitrogens with zero attached hydrogens (tertiary/aromatic N) is 2. The van der Waals surface area contributed by atoms with Crippen molar-refractivity contribution >= 4 is 51.6 Å². The lowest BCUT2D eigenvalue weighted by molar-refractivity contribution is 0.152. The van der Waals surface area contributed by atoms with Crippen molar-refractivity contribution in [2.45, 2.75) is 13.3 Å². The number of benzene rings is 1. The summed E-state index contributed by atoms with van der Waals surface area (Å²) >= 11 is 3.55. The summed E-state index contributed by atoms with van der Waals surface area (Å²) < 4.78 is 6.46. The number of hydrogen-bond donors (Lipinski definition) is 2. The Hall–Kier alpha value is -0.540. The number of guanidine groups is 1. The molecule has 0 spiro atoms. The van der Waals surface area contributed by atoms with Crippen LogP contribution in [0, 0.1) is 5.92 Å². The predicted molar refractivity (Wildman–Crippen MR) is 116 cm³/mol. The zero-order valence-corrected chi connectivity index (χ0v) is 18.3. The lowest BCUT2D eigenvalue weighted by atomic mass is 10.1. The predicted octanol–water partition coefficient (Wildman–Crippen LogP) is 3.09. The minimum absolute atomic E-state index is 0. The SMILES string of the molecule is CCOCCNC(=NC)NCC1CCN(c2cccc(Br)c2)C1.I. The van der Waals surface area contributed by atoms with Gasteiger partial charge in [0.25, 0.3) is 0 Å². The van der Waals surface area contributed by atoms with Crippen molar-refractivity contribution in [2.75, 3.05) is 51.3 Å². The Balaban J connectivity index is 0.00000288. The fourth-order valence-electron chi connectivity index (χ4n) is 2.75. The highest BCUT2D eigenvalue weighted by molar-refractivity contribution is 14.0. The van der Waals surface area contributed by atoms with E-state index >= 15 is 0 Å². The summed E-state index contributed by atoms with van der Waals surface area (Å²) in [7, 11) is 1.80. The molecule has 1 heterocycles. The molecule has 0 aromatic heterocycles. The zero-order valence-electron chi connectivity index (χ0n) is 14.4. The van der Waals surface area contributed by atoms with Gasteiger partial charge in [0.15, 0.2) is 5.96 Å². The van der Waals surface area contributed by atoms with Gasteiger partial charge in [0.05, 0.1) is 6.61 Å². The second-order valence-corrected chi connectivity index (χ2v) is 6.57. The van der Waals surface area contributed by atoms with E-state index in [9.17, 15) is 0 Å². The minimum atomic E-state index is 0. The van der Waals surface area contributed by atoms with Crippen molar-refractivity contribution in [2.24, 2.45) is 10.9 Å². The van der Waals surface area contributed by atoms with Crippen LogP contribution in [-0.4, -0.2) is 52.4 Å². The molecule has 1 aromatic carbocycles. The van der Waals surface area contributed by atoms with Crippen LogP contribution in [0.4, 0.5) is 5.69 Å². The molecule has 0 amide bonds. The largest absolute Gasteiger partial charge is 0.380 e. The summed E-state index contributed by atoms with van der Waals surface area (Å²) in [5.74, 6) is 1.49. The summed E-state index contributed by atoms with van der Waals surface area (Å²) in [6.07, 6.45) is 1.20. The molecule has 0 radical (unpaired) electrons. The van der Waals surface area contributed by atoms with Gasteiger partial charge in [0.2, 0.25) is 0 Å². The first-order chi connectivity index (χ1) is 11.2. The number of anilines is 1. The molecular weight excluding hydrogens is 483 g/mol. The number of rotatable bonds is 7. The van der Waals surface area contributed by atoms with Gasteiger partial charge in [-0.3, -0.25) is 4.99 Å². The Kier molecular flexibility index (Phi) is 10.7. The maximum absolute atomic E-state index is 5.32. The number of ether oxygens (including phenoxy) is 1. The quantitative estimate of drug-likeness (QED) is 0.256. The highest BCUT2D eigenvalue weighted by Crippen LogP contribution is 2.25. The lowest BCUT2D eigenvalue weighted by Gasteiger charge is -2.19. The zero-order chi connectivity index (χ0) is 16.5. The van der Waals surface area contributed by atoms with Crippen LogP contribution in [0.1, 0.15) is 13.3 Å². The Bertz CT molecular complexity index is 515. The average molecular weight is 511 g/mol. The molecule has 5 nitrogen and oxygen atoms in total. The molecule has 2 N–H and O–H groups in total. The van der Waals surface area contributed by atoms with Gasteiger partial charge in [-0.05, 0) is 37.5 Å². The average Bonchev–Trinajstić information content (AvgIpc) is 3.03. The van der Waals surface area contributed by atoms with Crippen LogP contribution in [0.25, 0.3) is 0 Å². The first kappa shape index (κ1) is 21.5. The van der Waals surface area contributed by atoms with E-state index < -0.39 is 0 Å². The third-order valence-electron chi connectivity index (χ3n) is 3.98. The molecule has 1 fully saturated rings. The molecule has 24 heavy (non-hydrogen) atoms. The molecule has 7 heteroatoms. The first-order valence-corrected chi connectivity index (χ1v) is 9.05. The summed E-state index contributed by atoms with van der Waals surface area (Å²) in [5.41, 5.74) is 1.29. The van der Waals surface area contributed by atoms with Crippen molar-refractivity contribution in [3.8, 4) is 0 Å². The van der Waals surface area contributed by atoms with Crippen molar-refractivity contribution in [1.82, 2.24) is 10.6 Å². The van der Waals surface area contributed by atoms with Gasteiger partial charge in [0.1, 0.15) is 0 Å². The van der Waals surface area contributed by atoms with Gasteiger partial charge in [-0.1, -0.05) is 22.0 Å². The molecule has 1 aliphatic rings. The van der Waals surface area contributed by atoms with Crippen LogP contribution >= 0.6 is 39.9 Å². The molecule has 136 valence electrons. The van der Waals surface area contributed by atoms with Gasteiger partial charge < -0.3 is 20.3 Å². The van der Waals surface area contributed by atoms with Crippen LogP contribution in [0.3, 0.4) is 0 Å². The summed E-state index contributed by atoms with van der Waals surface area (Å²) in [5, 5.41) is 6.69. The number of halogens is 2. The molecule has 1 unspecified atom stereocenters. The van der Waals surface area contributed by atoms with Crippen molar-refractivity contribution in [3.63, 3.8) is 0 Å². The van der Waals surface area contributed by atoms with E-state index in [-0.39, 0.29) is 24.0 Å². The molecule has 0 saturated carbocycles. The highest BCUT2D eigenvalue weighted by Gasteiger charge is 2.22. The van der Waals surface area contributed by atoms with E-state index in [1.807, 2.05) is 6.92 Å². The number of aliphatic imine (C=N–C) groups is 1. The Morgan fingerprint density at radius 2 is 2.25 bits per heavy atom. The number of nitrogens with one attached hydrogen (secondary N) is 2. The van der Waals surface area contributed by atoms with E-state index in [0.29, 0.717) is 12.5 Å². The standard InChI is InChI=1S/C17H27BrN4O.HI/c1-3-23-10-8-20-17(19-2)21-12-14-7-9-22(13-14)16-6-4-5-15(18)11-16;/h4-6,11,14H,3,7-10,12-13H2,1-2H3,(H2,19,20,21);1H. The van der Waals surface area contributed by atoms with Crippen LogP contribution in [0.2, 0.25) is 0 Å². The first-order valence-electron chi connectivity index (χ1n) is 8.25. The van der Waals surface area contributed by atoms with Gasteiger partial charge >= 0.3 is 0 Å². The van der Waals surface area contributed by atoms with Gasteiger partial charge in [-0.2, -0.15) is 0 Å². The fraction of sp³-hybridized carbons (Fsp3) is 0.588. The molecule has 0 bridgehead atoms. The summed E-state index contributed by atoms with van der Waals surface area (Å²) in [6, 6.07) is 8.52. The Morgan fingerprint density at radius 1 is 1.42 bits per heavy atom. The second kappa shape index (κ2) is 11.9. The van der Waals surface area contributed by atoms with Crippen molar-refractivity contribution in [1.29, 1.82) is 0 Å². The van der Waals surface area contributed by atoms with E-state index in [1.165, 1.54) is 12.1 Å². The summed E-state index contributed by atoms with van der Waals surface area (Å²) in [6.45, 7) is 7.38. The molecule has 1 atom stereocenters. The maximum Gasteiger partial charge on any atom is 0.191 e. The molecule has 0 aliphatic carbocycles. The number of hydrogen-bond acceptors (Lipinski definition) is 3. The van der Waals surface area contributed by atoms with Crippen LogP contribution in [0.5, 0.6) is 0 Å². The topological polar surface area (TPSA) is 48.9 Å².